The molecular weight excluding hydrogens is 212 g/mol. The Balaban J connectivity index is 1.90. The Bertz CT molecular complexity index is 440. The van der Waals surface area contributed by atoms with Crippen molar-refractivity contribution in [3.8, 4) is 0 Å². The Kier molecular flexibility index (Phi) is 2.63. The van der Waals surface area contributed by atoms with Gasteiger partial charge in [0.05, 0.1) is 6.04 Å². The van der Waals surface area contributed by atoms with E-state index in [2.05, 4.69) is 4.90 Å². The van der Waals surface area contributed by atoms with E-state index in [0.29, 0.717) is 18.2 Å². The van der Waals surface area contributed by atoms with Gasteiger partial charge in [-0.15, -0.1) is 0 Å². The van der Waals surface area contributed by atoms with Crippen LogP contribution in [0.4, 0.5) is 5.69 Å². The number of Topliss-reactive ketones (excluding diaryl/α,β-unsaturated/α-hetero) is 1. The van der Waals surface area contributed by atoms with E-state index in [1.165, 1.54) is 19.3 Å². The first-order valence-corrected chi connectivity index (χ1v) is 6.39. The number of carbonyl (C=O) groups is 1. The van der Waals surface area contributed by atoms with Gasteiger partial charge in [0, 0.05) is 24.7 Å². The second kappa shape index (κ2) is 4.15. The molecule has 0 bridgehead atoms. The van der Waals surface area contributed by atoms with Gasteiger partial charge in [0.25, 0.3) is 0 Å². The van der Waals surface area contributed by atoms with Gasteiger partial charge in [-0.1, -0.05) is 18.6 Å². The molecule has 0 aromatic heterocycles. The fourth-order valence-corrected chi connectivity index (χ4v) is 2.91. The summed E-state index contributed by atoms with van der Waals surface area (Å²) in [4.78, 5) is 14.4. The van der Waals surface area contributed by atoms with Crippen molar-refractivity contribution in [1.82, 2.24) is 4.90 Å². The number of likely N-dealkylation sites (tertiary alicyclic amines) is 1. The van der Waals surface area contributed by atoms with E-state index in [4.69, 9.17) is 5.73 Å². The van der Waals surface area contributed by atoms with Gasteiger partial charge in [0.1, 0.15) is 0 Å². The Labute approximate surface area is 102 Å². The first kappa shape index (κ1) is 10.8. The topological polar surface area (TPSA) is 46.3 Å². The molecule has 0 amide bonds. The number of hydrogen-bond donors (Lipinski definition) is 1. The van der Waals surface area contributed by atoms with E-state index in [1.54, 1.807) is 0 Å². The van der Waals surface area contributed by atoms with Crippen LogP contribution in [0, 0.1) is 0 Å². The molecule has 0 spiro atoms. The number of nitrogens with two attached hydrogens (primary N) is 1. The molecule has 3 nitrogen and oxygen atoms in total. The van der Waals surface area contributed by atoms with Crippen molar-refractivity contribution < 1.29 is 4.79 Å². The Hall–Kier alpha value is -1.35. The zero-order valence-electron chi connectivity index (χ0n) is 9.93. The average Bonchev–Trinajstić information content (AvgIpc) is 2.58. The molecule has 1 saturated carbocycles. The quantitative estimate of drug-likeness (QED) is 0.792. The second-order valence-electron chi connectivity index (χ2n) is 5.11. The Morgan fingerprint density at radius 3 is 2.76 bits per heavy atom. The fraction of sp³-hybridized carbons (Fsp3) is 0.500. The number of ketones is 1. The molecule has 1 aliphatic heterocycles. The molecule has 2 N–H and O–H groups in total. The number of nitrogen functional groups attached to an aromatic ring is 1. The minimum absolute atomic E-state index is 0.0381. The molecule has 1 unspecified atom stereocenters. The largest absolute Gasteiger partial charge is 0.399 e. The molecule has 17 heavy (non-hydrogen) atoms. The van der Waals surface area contributed by atoms with Gasteiger partial charge in [0.15, 0.2) is 5.78 Å². The highest BCUT2D eigenvalue weighted by Gasteiger charge is 2.39. The molecule has 3 rings (SSSR count). The number of rotatable bonds is 2. The third kappa shape index (κ3) is 1.84. The summed E-state index contributed by atoms with van der Waals surface area (Å²) in [5.74, 6) is 0.350. The van der Waals surface area contributed by atoms with Crippen molar-refractivity contribution in [2.45, 2.75) is 37.8 Å². The van der Waals surface area contributed by atoms with E-state index < -0.39 is 0 Å². The predicted octanol–water partition coefficient (Wildman–Crippen LogP) is 2.14. The summed E-state index contributed by atoms with van der Waals surface area (Å²) in [6.45, 7) is 0.920. The van der Waals surface area contributed by atoms with Crippen molar-refractivity contribution in [3.05, 3.63) is 29.8 Å². The Morgan fingerprint density at radius 2 is 2.12 bits per heavy atom. The monoisotopic (exact) mass is 230 g/mol. The molecule has 1 saturated heterocycles. The number of anilines is 1. The summed E-state index contributed by atoms with van der Waals surface area (Å²) < 4.78 is 0. The minimum Gasteiger partial charge on any atom is -0.399 e. The molecule has 3 heteroatoms. The van der Waals surface area contributed by atoms with Crippen molar-refractivity contribution in [2.75, 3.05) is 12.3 Å². The SMILES string of the molecule is Nc1cccc(C2C(=O)CCN2C2CCC2)c1. The predicted molar refractivity (Wildman–Crippen MR) is 67.6 cm³/mol. The third-order valence-electron chi connectivity index (χ3n) is 4.02. The fourth-order valence-electron chi connectivity index (χ4n) is 2.91. The van der Waals surface area contributed by atoms with E-state index in [1.807, 2.05) is 24.3 Å². The first-order chi connectivity index (χ1) is 8.25. The maximum atomic E-state index is 12.1. The van der Waals surface area contributed by atoms with Crippen LogP contribution < -0.4 is 5.73 Å². The summed E-state index contributed by atoms with van der Waals surface area (Å²) in [7, 11) is 0. The molecule has 1 aromatic rings. The summed E-state index contributed by atoms with van der Waals surface area (Å²) in [5.41, 5.74) is 7.62. The number of carbonyl (C=O) groups excluding carboxylic acids is 1. The summed E-state index contributed by atoms with van der Waals surface area (Å²) >= 11 is 0. The van der Waals surface area contributed by atoms with Gasteiger partial charge >= 0.3 is 0 Å². The third-order valence-corrected chi connectivity index (χ3v) is 4.02. The van der Waals surface area contributed by atoms with E-state index in [0.717, 1.165) is 17.8 Å². The number of hydrogen-bond acceptors (Lipinski definition) is 3. The molecule has 1 heterocycles. The molecule has 2 fully saturated rings. The zero-order chi connectivity index (χ0) is 11.8. The lowest BCUT2D eigenvalue weighted by Crippen LogP contribution is -2.40. The lowest BCUT2D eigenvalue weighted by Gasteiger charge is -2.38. The van der Waals surface area contributed by atoms with Gasteiger partial charge < -0.3 is 5.73 Å². The van der Waals surface area contributed by atoms with Crippen LogP contribution >= 0.6 is 0 Å². The Morgan fingerprint density at radius 1 is 1.29 bits per heavy atom. The summed E-state index contributed by atoms with van der Waals surface area (Å²) in [5, 5.41) is 0. The van der Waals surface area contributed by atoms with Gasteiger partial charge in [-0.2, -0.15) is 0 Å². The van der Waals surface area contributed by atoms with Crippen molar-refractivity contribution in [2.24, 2.45) is 0 Å². The van der Waals surface area contributed by atoms with Crippen molar-refractivity contribution in [3.63, 3.8) is 0 Å². The molecule has 1 aromatic carbocycles. The zero-order valence-corrected chi connectivity index (χ0v) is 9.93. The maximum absolute atomic E-state index is 12.1. The van der Waals surface area contributed by atoms with E-state index in [-0.39, 0.29) is 6.04 Å². The van der Waals surface area contributed by atoms with Gasteiger partial charge in [-0.3, -0.25) is 9.69 Å². The van der Waals surface area contributed by atoms with Crippen LogP contribution in [-0.4, -0.2) is 23.3 Å². The molecule has 2 aliphatic rings. The van der Waals surface area contributed by atoms with Crippen LogP contribution in [0.3, 0.4) is 0 Å². The lowest BCUT2D eigenvalue weighted by molar-refractivity contribution is -0.120. The number of benzene rings is 1. The standard InChI is InChI=1S/C14H18N2O/c15-11-4-1-3-10(9-11)14-13(17)7-8-16(14)12-5-2-6-12/h1,3-4,9,12,14H,2,5-8,15H2. The highest BCUT2D eigenvalue weighted by molar-refractivity contribution is 5.87. The molecule has 1 atom stereocenters. The van der Waals surface area contributed by atoms with E-state index >= 15 is 0 Å². The van der Waals surface area contributed by atoms with Crippen LogP contribution in [-0.2, 0) is 4.79 Å². The van der Waals surface area contributed by atoms with E-state index in [9.17, 15) is 4.79 Å². The molecule has 0 radical (unpaired) electrons. The molecular formula is C14H18N2O. The van der Waals surface area contributed by atoms with Gasteiger partial charge in [0.2, 0.25) is 0 Å². The van der Waals surface area contributed by atoms with Crippen LogP contribution in [0.1, 0.15) is 37.3 Å². The smallest absolute Gasteiger partial charge is 0.155 e. The second-order valence-corrected chi connectivity index (χ2v) is 5.11. The molecule has 90 valence electrons. The van der Waals surface area contributed by atoms with Crippen LogP contribution in [0.5, 0.6) is 0 Å². The van der Waals surface area contributed by atoms with Crippen molar-refractivity contribution >= 4 is 11.5 Å². The van der Waals surface area contributed by atoms with Crippen LogP contribution in [0.25, 0.3) is 0 Å². The number of nitrogens with zero attached hydrogens (tertiary/aromatic N) is 1. The van der Waals surface area contributed by atoms with Crippen molar-refractivity contribution in [1.29, 1.82) is 0 Å². The summed E-state index contributed by atoms with van der Waals surface area (Å²) in [6.07, 6.45) is 4.48. The summed E-state index contributed by atoms with van der Waals surface area (Å²) in [6, 6.07) is 8.36. The minimum atomic E-state index is -0.0381. The highest BCUT2D eigenvalue weighted by Crippen LogP contribution is 2.37. The highest BCUT2D eigenvalue weighted by atomic mass is 16.1. The van der Waals surface area contributed by atoms with Crippen LogP contribution in [0.15, 0.2) is 24.3 Å². The molecule has 1 aliphatic carbocycles. The average molecular weight is 230 g/mol. The first-order valence-electron chi connectivity index (χ1n) is 6.39. The van der Waals surface area contributed by atoms with Gasteiger partial charge in [-0.05, 0) is 30.5 Å². The van der Waals surface area contributed by atoms with Crippen LogP contribution in [0.2, 0.25) is 0 Å². The maximum Gasteiger partial charge on any atom is 0.155 e. The van der Waals surface area contributed by atoms with Gasteiger partial charge in [-0.25, -0.2) is 0 Å². The lowest BCUT2D eigenvalue weighted by atomic mass is 9.90. The normalized spacial score (nSPS) is 26.1.